The Hall–Kier alpha value is -3.38. The van der Waals surface area contributed by atoms with Crippen molar-refractivity contribution in [3.8, 4) is 5.75 Å². The van der Waals surface area contributed by atoms with Gasteiger partial charge < -0.3 is 15.0 Å². The van der Waals surface area contributed by atoms with Gasteiger partial charge in [-0.05, 0) is 38.1 Å². The fourth-order valence-electron chi connectivity index (χ4n) is 3.68. The number of aromatic nitrogens is 2. The molecule has 4 rings (SSSR count). The lowest BCUT2D eigenvalue weighted by Crippen LogP contribution is -2.49. The largest absolute Gasteiger partial charge is 0.573 e. The summed E-state index contributed by atoms with van der Waals surface area (Å²) < 4.78 is 69.5. The molecule has 2 aromatic carbocycles. The Morgan fingerprint density at radius 1 is 0.943 bits per heavy atom. The van der Waals surface area contributed by atoms with E-state index in [-0.39, 0.29) is 26.2 Å². The van der Waals surface area contributed by atoms with E-state index in [1.54, 1.807) is 0 Å². The van der Waals surface area contributed by atoms with Gasteiger partial charge >= 0.3 is 6.36 Å². The third-order valence-corrected chi connectivity index (χ3v) is 7.32. The average molecular weight is 508 g/mol. The van der Waals surface area contributed by atoms with E-state index in [1.165, 1.54) is 12.1 Å². The first-order valence-corrected chi connectivity index (χ1v) is 12.2. The number of piperazine rings is 1. The lowest BCUT2D eigenvalue weighted by Gasteiger charge is -2.34. The molecular weight excluding hydrogens is 483 g/mol. The molecule has 0 atom stereocenters. The SMILES string of the molecule is Cc1ccc(Nc2cc(C)nc(N3CCN(S(=O)(=O)c4ccccc4OC(F)(F)F)CC3)n2)cc1. The Labute approximate surface area is 201 Å². The van der Waals surface area contributed by atoms with Gasteiger partial charge in [-0.25, -0.2) is 13.4 Å². The fraction of sp³-hybridized carbons (Fsp3) is 0.304. The molecule has 0 amide bonds. The van der Waals surface area contributed by atoms with Crippen LogP contribution in [0.4, 0.5) is 30.6 Å². The maximum absolute atomic E-state index is 13.1. The maximum atomic E-state index is 13.1. The van der Waals surface area contributed by atoms with Crippen molar-refractivity contribution in [2.45, 2.75) is 25.1 Å². The number of halogens is 3. The van der Waals surface area contributed by atoms with Crippen LogP contribution in [0, 0.1) is 13.8 Å². The van der Waals surface area contributed by atoms with E-state index in [0.717, 1.165) is 33.4 Å². The summed E-state index contributed by atoms with van der Waals surface area (Å²) in [4.78, 5) is 10.4. The molecular formula is C23H24F3N5O3S. The topological polar surface area (TPSA) is 87.7 Å². The molecule has 2 heterocycles. The summed E-state index contributed by atoms with van der Waals surface area (Å²) in [5.74, 6) is 0.290. The Balaban J connectivity index is 1.48. The van der Waals surface area contributed by atoms with Crippen molar-refractivity contribution in [2.24, 2.45) is 0 Å². The molecule has 12 heteroatoms. The fourth-order valence-corrected chi connectivity index (χ4v) is 5.22. The van der Waals surface area contributed by atoms with E-state index in [2.05, 4.69) is 20.0 Å². The summed E-state index contributed by atoms with van der Waals surface area (Å²) in [6.45, 7) is 4.49. The van der Waals surface area contributed by atoms with Crippen molar-refractivity contribution in [2.75, 3.05) is 36.4 Å². The highest BCUT2D eigenvalue weighted by atomic mass is 32.2. The predicted octanol–water partition coefficient (Wildman–Crippen LogP) is 4.25. The van der Waals surface area contributed by atoms with E-state index >= 15 is 0 Å². The zero-order chi connectivity index (χ0) is 25.2. The third-order valence-electron chi connectivity index (χ3n) is 5.38. The Bertz CT molecular complexity index is 1290. The van der Waals surface area contributed by atoms with Crippen molar-refractivity contribution in [1.29, 1.82) is 0 Å². The predicted molar refractivity (Wildman–Crippen MR) is 125 cm³/mol. The normalized spacial score (nSPS) is 15.2. The van der Waals surface area contributed by atoms with Crippen molar-refractivity contribution >= 4 is 27.5 Å². The van der Waals surface area contributed by atoms with Crippen LogP contribution in [0.15, 0.2) is 59.5 Å². The number of ether oxygens (including phenoxy) is 1. The number of sulfonamides is 1. The third kappa shape index (κ3) is 6.01. The molecule has 1 N–H and O–H groups in total. The van der Waals surface area contributed by atoms with Crippen molar-refractivity contribution in [3.63, 3.8) is 0 Å². The number of nitrogens with zero attached hydrogens (tertiary/aromatic N) is 4. The lowest BCUT2D eigenvalue weighted by atomic mass is 10.2. The molecule has 0 aliphatic carbocycles. The molecule has 0 bridgehead atoms. The molecule has 1 fully saturated rings. The summed E-state index contributed by atoms with van der Waals surface area (Å²) in [7, 11) is -4.20. The number of para-hydroxylation sites is 1. The van der Waals surface area contributed by atoms with Gasteiger partial charge in [0.25, 0.3) is 0 Å². The Kier molecular flexibility index (Phi) is 6.86. The minimum Gasteiger partial charge on any atom is -0.404 e. The van der Waals surface area contributed by atoms with E-state index in [0.29, 0.717) is 11.8 Å². The first-order valence-electron chi connectivity index (χ1n) is 10.8. The van der Waals surface area contributed by atoms with Gasteiger partial charge in [0.05, 0.1) is 0 Å². The maximum Gasteiger partial charge on any atom is 0.573 e. The number of aryl methyl sites for hydroxylation is 2. The Morgan fingerprint density at radius 2 is 1.60 bits per heavy atom. The lowest BCUT2D eigenvalue weighted by molar-refractivity contribution is -0.275. The van der Waals surface area contributed by atoms with Crippen LogP contribution in [-0.2, 0) is 10.0 Å². The second-order valence-corrected chi connectivity index (χ2v) is 9.98. The van der Waals surface area contributed by atoms with Crippen molar-refractivity contribution in [3.05, 3.63) is 65.9 Å². The molecule has 1 aliphatic rings. The molecule has 0 spiro atoms. The first-order chi connectivity index (χ1) is 16.5. The van der Waals surface area contributed by atoms with E-state index in [9.17, 15) is 21.6 Å². The number of rotatable bonds is 6. The zero-order valence-electron chi connectivity index (χ0n) is 19.1. The van der Waals surface area contributed by atoms with Crippen LogP contribution in [-0.4, -0.2) is 55.2 Å². The van der Waals surface area contributed by atoms with Crippen molar-refractivity contribution < 1.29 is 26.3 Å². The van der Waals surface area contributed by atoms with Crippen molar-refractivity contribution in [1.82, 2.24) is 14.3 Å². The van der Waals surface area contributed by atoms with Gasteiger partial charge in [-0.2, -0.15) is 9.29 Å². The molecule has 0 radical (unpaired) electrons. The number of hydrogen-bond acceptors (Lipinski definition) is 7. The van der Waals surface area contributed by atoms with Gasteiger partial charge in [-0.3, -0.25) is 0 Å². The summed E-state index contributed by atoms with van der Waals surface area (Å²) in [5, 5.41) is 3.24. The van der Waals surface area contributed by atoms with E-state index in [4.69, 9.17) is 0 Å². The summed E-state index contributed by atoms with van der Waals surface area (Å²) in [6, 6.07) is 14.4. The minimum absolute atomic E-state index is 0.0563. The Morgan fingerprint density at radius 3 is 2.26 bits per heavy atom. The van der Waals surface area contributed by atoms with Gasteiger partial charge in [-0.1, -0.05) is 29.8 Å². The molecule has 35 heavy (non-hydrogen) atoms. The number of hydrogen-bond donors (Lipinski definition) is 1. The van der Waals surface area contributed by atoms with E-state index < -0.39 is 27.0 Å². The van der Waals surface area contributed by atoms with Crippen LogP contribution >= 0.6 is 0 Å². The highest BCUT2D eigenvalue weighted by molar-refractivity contribution is 7.89. The van der Waals surface area contributed by atoms with Crippen LogP contribution in [0.1, 0.15) is 11.3 Å². The summed E-state index contributed by atoms with van der Waals surface area (Å²) in [5.41, 5.74) is 2.74. The highest BCUT2D eigenvalue weighted by Crippen LogP contribution is 2.32. The molecule has 0 unspecified atom stereocenters. The van der Waals surface area contributed by atoms with Gasteiger partial charge in [-0.15, -0.1) is 13.2 Å². The second kappa shape index (κ2) is 9.70. The summed E-state index contributed by atoms with van der Waals surface area (Å²) >= 11 is 0. The molecule has 186 valence electrons. The van der Waals surface area contributed by atoms with Crippen LogP contribution in [0.3, 0.4) is 0 Å². The minimum atomic E-state index is -5.00. The van der Waals surface area contributed by atoms with Crippen LogP contribution < -0.4 is 15.0 Å². The number of alkyl halides is 3. The second-order valence-electron chi connectivity index (χ2n) is 8.07. The van der Waals surface area contributed by atoms with Gasteiger partial charge in [0.1, 0.15) is 16.5 Å². The number of nitrogens with one attached hydrogen (secondary N) is 1. The highest BCUT2D eigenvalue weighted by Gasteiger charge is 2.36. The number of anilines is 3. The molecule has 0 saturated carbocycles. The van der Waals surface area contributed by atoms with Gasteiger partial charge in [0, 0.05) is 43.6 Å². The monoisotopic (exact) mass is 507 g/mol. The molecule has 1 saturated heterocycles. The number of benzene rings is 2. The zero-order valence-corrected chi connectivity index (χ0v) is 19.9. The van der Waals surface area contributed by atoms with Crippen LogP contribution in [0.2, 0.25) is 0 Å². The van der Waals surface area contributed by atoms with Gasteiger partial charge in [0.15, 0.2) is 0 Å². The quantitative estimate of drug-likeness (QED) is 0.534. The first kappa shape index (κ1) is 24.7. The van der Waals surface area contributed by atoms with Crippen LogP contribution in [0.5, 0.6) is 5.75 Å². The van der Waals surface area contributed by atoms with Crippen LogP contribution in [0.25, 0.3) is 0 Å². The summed E-state index contributed by atoms with van der Waals surface area (Å²) in [6.07, 6.45) is -5.00. The standard InChI is InChI=1S/C23H24F3N5O3S/c1-16-7-9-18(10-8-16)28-21-15-17(2)27-22(29-21)30-11-13-31(14-12-30)35(32,33)20-6-4-3-5-19(20)34-23(24,25)26/h3-10,15H,11-14H2,1-2H3,(H,27,28,29). The molecule has 1 aliphatic heterocycles. The molecule has 1 aromatic heterocycles. The average Bonchev–Trinajstić information content (AvgIpc) is 2.79. The molecule has 8 nitrogen and oxygen atoms in total. The smallest absolute Gasteiger partial charge is 0.404 e. The van der Waals surface area contributed by atoms with E-state index in [1.807, 2.05) is 49.1 Å². The van der Waals surface area contributed by atoms with Gasteiger partial charge in [0.2, 0.25) is 16.0 Å². The molecule has 3 aromatic rings.